The summed E-state index contributed by atoms with van der Waals surface area (Å²) in [6.45, 7) is 1.73. The van der Waals surface area contributed by atoms with Gasteiger partial charge >= 0.3 is 0 Å². The minimum absolute atomic E-state index is 0.0169. The highest BCUT2D eigenvalue weighted by molar-refractivity contribution is 7.88. The molecule has 2 atom stereocenters. The molecule has 1 aliphatic carbocycles. The standard InChI is InChI=1S/C15H19ClN2O3S/c1-22(20,21)18-7-5-17(6-8-18)15(19)14-10-13(14)11-3-2-4-12(16)9-11/h2-4,9,13-14H,5-8,10H2,1H3. The molecule has 1 amide bonds. The van der Waals surface area contributed by atoms with Crippen LogP contribution in [0.25, 0.3) is 0 Å². The largest absolute Gasteiger partial charge is 0.340 e. The average molecular weight is 343 g/mol. The molecule has 1 saturated carbocycles. The molecule has 1 aromatic carbocycles. The summed E-state index contributed by atoms with van der Waals surface area (Å²) in [5, 5.41) is 0.692. The first-order chi connectivity index (χ1) is 10.4. The number of piperazine rings is 1. The number of rotatable bonds is 3. The maximum atomic E-state index is 12.5. The van der Waals surface area contributed by atoms with Crippen LogP contribution in [-0.2, 0) is 14.8 Å². The van der Waals surface area contributed by atoms with Gasteiger partial charge in [-0.1, -0.05) is 23.7 Å². The highest BCUT2D eigenvalue weighted by Crippen LogP contribution is 2.48. The van der Waals surface area contributed by atoms with Crippen LogP contribution in [0.3, 0.4) is 0 Å². The average Bonchev–Trinajstić information content (AvgIpc) is 3.26. The zero-order chi connectivity index (χ0) is 15.9. The highest BCUT2D eigenvalue weighted by Gasteiger charge is 2.46. The van der Waals surface area contributed by atoms with Crippen molar-refractivity contribution in [1.29, 1.82) is 0 Å². The molecule has 2 aliphatic rings. The molecule has 0 aromatic heterocycles. The molecule has 7 heteroatoms. The summed E-state index contributed by atoms with van der Waals surface area (Å²) in [4.78, 5) is 14.3. The van der Waals surface area contributed by atoms with E-state index in [-0.39, 0.29) is 17.7 Å². The van der Waals surface area contributed by atoms with E-state index in [9.17, 15) is 13.2 Å². The number of carbonyl (C=O) groups excluding carboxylic acids is 1. The molecule has 1 heterocycles. The van der Waals surface area contributed by atoms with E-state index in [1.807, 2.05) is 24.3 Å². The third-order valence-electron chi connectivity index (χ3n) is 4.40. The van der Waals surface area contributed by atoms with Gasteiger partial charge in [0.25, 0.3) is 0 Å². The number of carbonyl (C=O) groups is 1. The van der Waals surface area contributed by atoms with Crippen LogP contribution in [0.15, 0.2) is 24.3 Å². The molecule has 2 unspecified atom stereocenters. The molecule has 0 radical (unpaired) electrons. The maximum Gasteiger partial charge on any atom is 0.226 e. The first-order valence-corrected chi connectivity index (χ1v) is 9.58. The van der Waals surface area contributed by atoms with Gasteiger partial charge in [0.15, 0.2) is 0 Å². The van der Waals surface area contributed by atoms with Crippen LogP contribution in [0.2, 0.25) is 5.02 Å². The fraction of sp³-hybridized carbons (Fsp3) is 0.533. The topological polar surface area (TPSA) is 57.7 Å². The normalized spacial score (nSPS) is 26.0. The molecule has 120 valence electrons. The van der Waals surface area contributed by atoms with E-state index >= 15 is 0 Å². The zero-order valence-corrected chi connectivity index (χ0v) is 14.0. The lowest BCUT2D eigenvalue weighted by molar-refractivity contribution is -0.133. The molecule has 0 spiro atoms. The summed E-state index contributed by atoms with van der Waals surface area (Å²) < 4.78 is 24.4. The number of hydrogen-bond acceptors (Lipinski definition) is 3. The van der Waals surface area contributed by atoms with Gasteiger partial charge in [-0.2, -0.15) is 4.31 Å². The number of hydrogen-bond donors (Lipinski definition) is 0. The van der Waals surface area contributed by atoms with Gasteiger partial charge < -0.3 is 4.90 Å². The summed E-state index contributed by atoms with van der Waals surface area (Å²) in [5.74, 6) is 0.403. The number of sulfonamides is 1. The van der Waals surface area contributed by atoms with Crippen molar-refractivity contribution < 1.29 is 13.2 Å². The Kier molecular flexibility index (Phi) is 4.18. The predicted molar refractivity (Wildman–Crippen MR) is 85.3 cm³/mol. The fourth-order valence-corrected chi connectivity index (χ4v) is 4.07. The number of nitrogens with zero attached hydrogens (tertiary/aromatic N) is 2. The van der Waals surface area contributed by atoms with Crippen LogP contribution in [-0.4, -0.2) is 56.0 Å². The van der Waals surface area contributed by atoms with Crippen molar-refractivity contribution in [3.05, 3.63) is 34.9 Å². The van der Waals surface area contributed by atoms with Crippen LogP contribution in [0.4, 0.5) is 0 Å². The Hall–Kier alpha value is -1.11. The van der Waals surface area contributed by atoms with Crippen molar-refractivity contribution in [2.45, 2.75) is 12.3 Å². The Balaban J connectivity index is 1.58. The lowest BCUT2D eigenvalue weighted by Crippen LogP contribution is -2.50. The Morgan fingerprint density at radius 1 is 1.23 bits per heavy atom. The molecule has 1 saturated heterocycles. The van der Waals surface area contributed by atoms with Crippen molar-refractivity contribution in [3.63, 3.8) is 0 Å². The van der Waals surface area contributed by atoms with Crippen LogP contribution >= 0.6 is 11.6 Å². The molecular weight excluding hydrogens is 324 g/mol. The predicted octanol–water partition coefficient (Wildman–Crippen LogP) is 1.55. The van der Waals surface area contributed by atoms with E-state index in [2.05, 4.69) is 0 Å². The van der Waals surface area contributed by atoms with Gasteiger partial charge in [0.05, 0.1) is 6.26 Å². The summed E-state index contributed by atoms with van der Waals surface area (Å²) in [7, 11) is -3.16. The Bertz CT molecular complexity index is 684. The van der Waals surface area contributed by atoms with E-state index in [1.54, 1.807) is 4.90 Å². The molecule has 5 nitrogen and oxygen atoms in total. The van der Waals surface area contributed by atoms with E-state index in [0.29, 0.717) is 31.2 Å². The minimum atomic E-state index is -3.16. The summed E-state index contributed by atoms with van der Waals surface area (Å²) in [5.41, 5.74) is 1.11. The van der Waals surface area contributed by atoms with Crippen LogP contribution in [0.5, 0.6) is 0 Å². The first kappa shape index (κ1) is 15.8. The molecule has 3 rings (SSSR count). The Morgan fingerprint density at radius 3 is 2.50 bits per heavy atom. The van der Waals surface area contributed by atoms with Crippen molar-refractivity contribution in [1.82, 2.24) is 9.21 Å². The second-order valence-electron chi connectivity index (χ2n) is 5.99. The molecule has 0 N–H and O–H groups in total. The van der Waals surface area contributed by atoms with Crippen molar-refractivity contribution in [2.24, 2.45) is 5.92 Å². The molecule has 0 bridgehead atoms. The van der Waals surface area contributed by atoms with Crippen LogP contribution in [0.1, 0.15) is 17.9 Å². The van der Waals surface area contributed by atoms with E-state index in [4.69, 9.17) is 11.6 Å². The van der Waals surface area contributed by atoms with Gasteiger partial charge in [-0.05, 0) is 30.0 Å². The fourth-order valence-electron chi connectivity index (χ4n) is 3.05. The van der Waals surface area contributed by atoms with Crippen LogP contribution in [0, 0.1) is 5.92 Å². The first-order valence-electron chi connectivity index (χ1n) is 7.35. The minimum Gasteiger partial charge on any atom is -0.340 e. The summed E-state index contributed by atoms with van der Waals surface area (Å²) in [6, 6.07) is 7.66. The van der Waals surface area contributed by atoms with Gasteiger partial charge in [0.1, 0.15) is 0 Å². The van der Waals surface area contributed by atoms with E-state index in [1.165, 1.54) is 10.6 Å². The third-order valence-corrected chi connectivity index (χ3v) is 5.94. The smallest absolute Gasteiger partial charge is 0.226 e. The maximum absolute atomic E-state index is 12.5. The second-order valence-corrected chi connectivity index (χ2v) is 8.41. The van der Waals surface area contributed by atoms with Crippen molar-refractivity contribution in [3.8, 4) is 0 Å². The molecule has 1 aliphatic heterocycles. The monoisotopic (exact) mass is 342 g/mol. The van der Waals surface area contributed by atoms with Gasteiger partial charge in [0, 0.05) is 37.1 Å². The summed E-state index contributed by atoms with van der Waals surface area (Å²) >= 11 is 5.99. The van der Waals surface area contributed by atoms with E-state index < -0.39 is 10.0 Å². The molecule has 1 aromatic rings. The number of halogens is 1. The summed E-state index contributed by atoms with van der Waals surface area (Å²) in [6.07, 6.45) is 2.06. The lowest BCUT2D eigenvalue weighted by atomic mass is 10.1. The molecular formula is C15H19ClN2O3S. The Morgan fingerprint density at radius 2 is 1.91 bits per heavy atom. The Labute approximate surface area is 135 Å². The number of amides is 1. The molecule has 2 fully saturated rings. The SMILES string of the molecule is CS(=O)(=O)N1CCN(C(=O)C2CC2c2cccc(Cl)c2)CC1. The number of benzene rings is 1. The molecule has 22 heavy (non-hydrogen) atoms. The quantitative estimate of drug-likeness (QED) is 0.837. The zero-order valence-electron chi connectivity index (χ0n) is 12.4. The van der Waals surface area contributed by atoms with E-state index in [0.717, 1.165) is 12.0 Å². The lowest BCUT2D eigenvalue weighted by Gasteiger charge is -2.33. The third kappa shape index (κ3) is 3.29. The van der Waals surface area contributed by atoms with Gasteiger partial charge in [-0.25, -0.2) is 8.42 Å². The van der Waals surface area contributed by atoms with Gasteiger partial charge in [0.2, 0.25) is 15.9 Å². The van der Waals surface area contributed by atoms with Gasteiger partial charge in [-0.15, -0.1) is 0 Å². The van der Waals surface area contributed by atoms with Crippen molar-refractivity contribution in [2.75, 3.05) is 32.4 Å². The highest BCUT2D eigenvalue weighted by atomic mass is 35.5. The second kappa shape index (κ2) is 5.83. The van der Waals surface area contributed by atoms with Gasteiger partial charge in [-0.3, -0.25) is 4.79 Å². The van der Waals surface area contributed by atoms with Crippen molar-refractivity contribution >= 4 is 27.5 Å². The van der Waals surface area contributed by atoms with Crippen LogP contribution < -0.4 is 0 Å².